The molecule has 0 bridgehead atoms. The van der Waals surface area contributed by atoms with E-state index in [2.05, 4.69) is 5.32 Å². The van der Waals surface area contributed by atoms with Crippen LogP contribution in [-0.4, -0.2) is 26.3 Å². The second-order valence-electron chi connectivity index (χ2n) is 4.31. The summed E-state index contributed by atoms with van der Waals surface area (Å²) in [6, 6.07) is 9.74. The molecule has 0 aliphatic heterocycles. The van der Waals surface area contributed by atoms with Crippen molar-refractivity contribution >= 4 is 17.1 Å². The summed E-state index contributed by atoms with van der Waals surface area (Å²) >= 11 is 0. The molecule has 0 amide bonds. The number of hydrogen-bond donors (Lipinski definition) is 1. The molecule has 7 heteroatoms. The highest BCUT2D eigenvalue weighted by Crippen LogP contribution is 2.41. The first kappa shape index (κ1) is 15.4. The van der Waals surface area contributed by atoms with E-state index >= 15 is 0 Å². The molecule has 2 rings (SSSR count). The van der Waals surface area contributed by atoms with Crippen molar-refractivity contribution in [3.05, 3.63) is 46.5 Å². The lowest BCUT2D eigenvalue weighted by atomic mass is 10.2. The van der Waals surface area contributed by atoms with Gasteiger partial charge >= 0.3 is 0 Å². The summed E-state index contributed by atoms with van der Waals surface area (Å²) in [6.07, 6.45) is 0. The molecule has 2 aromatic carbocycles. The molecule has 0 fully saturated rings. The smallest absolute Gasteiger partial charge is 0.292 e. The van der Waals surface area contributed by atoms with Crippen molar-refractivity contribution in [1.82, 2.24) is 0 Å². The molecule has 0 radical (unpaired) electrons. The summed E-state index contributed by atoms with van der Waals surface area (Å²) in [5.41, 5.74) is 0.946. The molecule has 0 unspecified atom stereocenters. The number of nitrogens with zero attached hydrogens (tertiary/aromatic N) is 1. The Hall–Kier alpha value is -2.96. The highest BCUT2D eigenvalue weighted by Gasteiger charge is 2.16. The number of nitrogens with one attached hydrogen (secondary N) is 1. The fourth-order valence-corrected chi connectivity index (χ4v) is 2.05. The van der Waals surface area contributed by atoms with Crippen LogP contribution >= 0.6 is 0 Å². The highest BCUT2D eigenvalue weighted by molar-refractivity contribution is 5.73. The molecule has 116 valence electrons. The summed E-state index contributed by atoms with van der Waals surface area (Å²) < 4.78 is 15.8. The summed E-state index contributed by atoms with van der Waals surface area (Å²) in [4.78, 5) is 10.6. The average Bonchev–Trinajstić information content (AvgIpc) is 2.54. The molecule has 2 aromatic rings. The van der Waals surface area contributed by atoms with Gasteiger partial charge in [0.15, 0.2) is 11.5 Å². The van der Waals surface area contributed by atoms with Gasteiger partial charge in [-0.2, -0.15) is 0 Å². The van der Waals surface area contributed by atoms with Gasteiger partial charge in [0.2, 0.25) is 5.75 Å². The highest BCUT2D eigenvalue weighted by atomic mass is 16.6. The molecule has 7 nitrogen and oxygen atoms in total. The van der Waals surface area contributed by atoms with Gasteiger partial charge in [-0.05, 0) is 6.07 Å². The van der Waals surface area contributed by atoms with Crippen LogP contribution in [0.3, 0.4) is 0 Å². The standard InChI is InChI=1S/C15H16N2O5/c1-20-13-8-10(9-14(21-2)15(13)22-3)16-11-6-4-5-7-12(11)17(18)19/h4-9,16H,1-3H3. The summed E-state index contributed by atoms with van der Waals surface area (Å²) in [6.45, 7) is 0. The van der Waals surface area contributed by atoms with Crippen LogP contribution in [0.15, 0.2) is 36.4 Å². The molecule has 0 aliphatic rings. The maximum Gasteiger partial charge on any atom is 0.292 e. The minimum absolute atomic E-state index is 0.0174. The Labute approximate surface area is 127 Å². The lowest BCUT2D eigenvalue weighted by Crippen LogP contribution is -1.99. The van der Waals surface area contributed by atoms with Gasteiger partial charge in [0.1, 0.15) is 5.69 Å². The van der Waals surface area contributed by atoms with E-state index in [1.54, 1.807) is 30.3 Å². The molecule has 0 aromatic heterocycles. The molecular formula is C15H16N2O5. The fourth-order valence-electron chi connectivity index (χ4n) is 2.05. The summed E-state index contributed by atoms with van der Waals surface area (Å²) in [7, 11) is 4.52. The van der Waals surface area contributed by atoms with Crippen LogP contribution in [-0.2, 0) is 0 Å². The monoisotopic (exact) mass is 304 g/mol. The summed E-state index contributed by atoms with van der Waals surface area (Å²) in [5, 5.41) is 14.1. The average molecular weight is 304 g/mol. The van der Waals surface area contributed by atoms with Crippen molar-refractivity contribution in [3.8, 4) is 17.2 Å². The molecule has 0 aliphatic carbocycles. The molecule has 1 N–H and O–H groups in total. The van der Waals surface area contributed by atoms with E-state index in [0.717, 1.165) is 0 Å². The van der Waals surface area contributed by atoms with Crippen LogP contribution in [0.25, 0.3) is 0 Å². The van der Waals surface area contributed by atoms with E-state index in [-0.39, 0.29) is 5.69 Å². The van der Waals surface area contributed by atoms with Crippen molar-refractivity contribution in [2.45, 2.75) is 0 Å². The van der Waals surface area contributed by atoms with Crippen LogP contribution < -0.4 is 19.5 Å². The quantitative estimate of drug-likeness (QED) is 0.651. The second kappa shape index (κ2) is 6.66. The van der Waals surface area contributed by atoms with E-state index in [1.807, 2.05) is 0 Å². The van der Waals surface area contributed by atoms with Crippen molar-refractivity contribution < 1.29 is 19.1 Å². The van der Waals surface area contributed by atoms with Gasteiger partial charge in [-0.15, -0.1) is 0 Å². The predicted octanol–water partition coefficient (Wildman–Crippen LogP) is 3.36. The zero-order valence-electron chi connectivity index (χ0n) is 12.5. The number of ether oxygens (including phenoxy) is 3. The first-order chi connectivity index (χ1) is 10.6. The van der Waals surface area contributed by atoms with Crippen molar-refractivity contribution in [1.29, 1.82) is 0 Å². The second-order valence-corrected chi connectivity index (χ2v) is 4.31. The van der Waals surface area contributed by atoms with Gasteiger partial charge in [-0.3, -0.25) is 10.1 Å². The van der Waals surface area contributed by atoms with E-state index in [0.29, 0.717) is 28.6 Å². The Morgan fingerprint density at radius 3 is 2.09 bits per heavy atom. The molecule has 22 heavy (non-hydrogen) atoms. The van der Waals surface area contributed by atoms with Gasteiger partial charge in [-0.1, -0.05) is 12.1 Å². The SMILES string of the molecule is COc1cc(Nc2ccccc2[N+](=O)[O-])cc(OC)c1OC. The number of anilines is 2. The fraction of sp³-hybridized carbons (Fsp3) is 0.200. The van der Waals surface area contributed by atoms with Crippen molar-refractivity contribution in [2.24, 2.45) is 0 Å². The van der Waals surface area contributed by atoms with E-state index < -0.39 is 4.92 Å². The number of nitro benzene ring substituents is 1. The van der Waals surface area contributed by atoms with E-state index in [1.165, 1.54) is 27.4 Å². The number of rotatable bonds is 6. The van der Waals surface area contributed by atoms with Crippen molar-refractivity contribution in [3.63, 3.8) is 0 Å². The zero-order chi connectivity index (χ0) is 16.1. The molecule has 0 spiro atoms. The van der Waals surface area contributed by atoms with E-state index in [9.17, 15) is 10.1 Å². The molecule has 0 atom stereocenters. The number of nitro groups is 1. The van der Waals surface area contributed by atoms with Gasteiger partial charge < -0.3 is 19.5 Å². The number of hydrogen-bond acceptors (Lipinski definition) is 6. The van der Waals surface area contributed by atoms with Gasteiger partial charge in [0, 0.05) is 23.9 Å². The van der Waals surface area contributed by atoms with Gasteiger partial charge in [0.05, 0.1) is 26.3 Å². The third kappa shape index (κ3) is 3.03. The number of benzene rings is 2. The number of para-hydroxylation sites is 2. The molecular weight excluding hydrogens is 288 g/mol. The van der Waals surface area contributed by atoms with E-state index in [4.69, 9.17) is 14.2 Å². The van der Waals surface area contributed by atoms with Crippen LogP contribution in [0.2, 0.25) is 0 Å². The van der Waals surface area contributed by atoms with Gasteiger partial charge in [0.25, 0.3) is 5.69 Å². The van der Waals surface area contributed by atoms with Crippen LogP contribution in [0.1, 0.15) is 0 Å². The van der Waals surface area contributed by atoms with Crippen LogP contribution in [0.5, 0.6) is 17.2 Å². The minimum atomic E-state index is -0.444. The largest absolute Gasteiger partial charge is 0.493 e. The maximum atomic E-state index is 11.1. The lowest BCUT2D eigenvalue weighted by Gasteiger charge is -2.15. The Bertz CT molecular complexity index is 662. The number of methoxy groups -OCH3 is 3. The first-order valence-electron chi connectivity index (χ1n) is 6.41. The lowest BCUT2D eigenvalue weighted by molar-refractivity contribution is -0.383. The Balaban J connectivity index is 2.44. The normalized spacial score (nSPS) is 9.95. The maximum absolute atomic E-state index is 11.1. The molecule has 0 saturated heterocycles. The summed E-state index contributed by atoms with van der Waals surface area (Å²) in [5.74, 6) is 1.38. The Morgan fingerprint density at radius 1 is 1.00 bits per heavy atom. The first-order valence-corrected chi connectivity index (χ1v) is 6.41. The Kier molecular flexibility index (Phi) is 4.67. The third-order valence-electron chi connectivity index (χ3n) is 3.04. The predicted molar refractivity (Wildman–Crippen MR) is 82.5 cm³/mol. The third-order valence-corrected chi connectivity index (χ3v) is 3.04. The topological polar surface area (TPSA) is 82.9 Å². The van der Waals surface area contributed by atoms with Crippen molar-refractivity contribution in [2.75, 3.05) is 26.6 Å². The Morgan fingerprint density at radius 2 is 1.59 bits per heavy atom. The molecule has 0 heterocycles. The zero-order valence-corrected chi connectivity index (χ0v) is 12.5. The minimum Gasteiger partial charge on any atom is -0.493 e. The van der Waals surface area contributed by atoms with Crippen LogP contribution in [0.4, 0.5) is 17.1 Å². The van der Waals surface area contributed by atoms with Gasteiger partial charge in [-0.25, -0.2) is 0 Å². The van der Waals surface area contributed by atoms with Crippen LogP contribution in [0, 0.1) is 10.1 Å². The molecule has 0 saturated carbocycles.